The zero-order chi connectivity index (χ0) is 10.6. The summed E-state index contributed by atoms with van der Waals surface area (Å²) in [5.41, 5.74) is 0. The van der Waals surface area contributed by atoms with Gasteiger partial charge in [-0.2, -0.15) is 11.8 Å². The van der Waals surface area contributed by atoms with Gasteiger partial charge in [-0.15, -0.1) is 0 Å². The molecular formula is C10H19NO2S. The molecule has 1 heterocycles. The van der Waals surface area contributed by atoms with Gasteiger partial charge in [-0.05, 0) is 13.8 Å². The van der Waals surface area contributed by atoms with E-state index in [4.69, 9.17) is 4.74 Å². The third kappa shape index (κ3) is 3.17. The smallest absolute Gasteiger partial charge is 0.323 e. The van der Waals surface area contributed by atoms with Crippen molar-refractivity contribution in [2.45, 2.75) is 32.1 Å². The van der Waals surface area contributed by atoms with E-state index in [1.54, 1.807) is 0 Å². The minimum atomic E-state index is -0.0911. The molecule has 0 bridgehead atoms. The van der Waals surface area contributed by atoms with Gasteiger partial charge >= 0.3 is 5.97 Å². The van der Waals surface area contributed by atoms with Crippen LogP contribution in [0, 0.1) is 0 Å². The predicted octanol–water partition coefficient (Wildman–Crippen LogP) is 1.38. The molecule has 0 radical (unpaired) electrons. The van der Waals surface area contributed by atoms with Crippen LogP contribution >= 0.6 is 11.8 Å². The van der Waals surface area contributed by atoms with Crippen molar-refractivity contribution < 1.29 is 9.53 Å². The molecule has 2 atom stereocenters. The number of hydrogen-bond donors (Lipinski definition) is 0. The lowest BCUT2D eigenvalue weighted by Crippen LogP contribution is -2.46. The van der Waals surface area contributed by atoms with Crippen LogP contribution in [0.25, 0.3) is 0 Å². The van der Waals surface area contributed by atoms with Crippen molar-refractivity contribution in [3.8, 4) is 0 Å². The van der Waals surface area contributed by atoms with Crippen molar-refractivity contribution in [3.63, 3.8) is 0 Å². The highest BCUT2D eigenvalue weighted by Gasteiger charge is 2.26. The summed E-state index contributed by atoms with van der Waals surface area (Å²) in [5.74, 6) is 1.02. The lowest BCUT2D eigenvalue weighted by atomic mass is 10.2. The van der Waals surface area contributed by atoms with Crippen LogP contribution in [-0.4, -0.2) is 47.6 Å². The largest absolute Gasteiger partial charge is 0.465 e. The molecule has 0 N–H and O–H groups in total. The summed E-state index contributed by atoms with van der Waals surface area (Å²) in [5, 5.41) is 0.626. The summed E-state index contributed by atoms with van der Waals surface area (Å²) in [4.78, 5) is 13.7. The highest BCUT2D eigenvalue weighted by Crippen LogP contribution is 2.19. The van der Waals surface area contributed by atoms with E-state index in [1.807, 2.05) is 25.6 Å². The fraction of sp³-hybridized carbons (Fsp3) is 0.900. The number of thioether (sulfide) groups is 1. The molecule has 0 aromatic rings. The summed E-state index contributed by atoms with van der Waals surface area (Å²) in [6.07, 6.45) is 0. The summed E-state index contributed by atoms with van der Waals surface area (Å²) in [6.45, 7) is 8.44. The van der Waals surface area contributed by atoms with Gasteiger partial charge in [-0.3, -0.25) is 9.69 Å². The van der Waals surface area contributed by atoms with Crippen LogP contribution in [0.3, 0.4) is 0 Å². The van der Waals surface area contributed by atoms with E-state index in [0.29, 0.717) is 11.9 Å². The average molecular weight is 217 g/mol. The zero-order valence-electron chi connectivity index (χ0n) is 9.16. The first-order chi connectivity index (χ1) is 6.65. The van der Waals surface area contributed by atoms with E-state index in [1.165, 1.54) is 0 Å². The molecule has 0 aliphatic carbocycles. The SMILES string of the molecule is CCOC(=O)C(C)N1CCSC(C)C1. The number of hydrogen-bond acceptors (Lipinski definition) is 4. The molecule has 1 aliphatic heterocycles. The van der Waals surface area contributed by atoms with Crippen LogP contribution in [0.5, 0.6) is 0 Å². The average Bonchev–Trinajstić information content (AvgIpc) is 2.17. The Hall–Kier alpha value is -0.220. The molecule has 0 aromatic carbocycles. The van der Waals surface area contributed by atoms with Crippen LogP contribution in [0.15, 0.2) is 0 Å². The van der Waals surface area contributed by atoms with Gasteiger partial charge in [0.05, 0.1) is 6.61 Å². The summed E-state index contributed by atoms with van der Waals surface area (Å²) >= 11 is 1.97. The van der Waals surface area contributed by atoms with Gasteiger partial charge in [0.15, 0.2) is 0 Å². The quantitative estimate of drug-likeness (QED) is 0.668. The Morgan fingerprint density at radius 1 is 1.71 bits per heavy atom. The first-order valence-electron chi connectivity index (χ1n) is 5.17. The van der Waals surface area contributed by atoms with E-state index in [0.717, 1.165) is 18.8 Å². The molecule has 4 heteroatoms. The monoisotopic (exact) mass is 217 g/mol. The molecule has 0 spiro atoms. The number of esters is 1. The lowest BCUT2D eigenvalue weighted by molar-refractivity contribution is -0.148. The minimum Gasteiger partial charge on any atom is -0.465 e. The third-order valence-electron chi connectivity index (χ3n) is 2.45. The number of rotatable bonds is 3. The van der Waals surface area contributed by atoms with Crippen molar-refractivity contribution in [3.05, 3.63) is 0 Å². The number of nitrogens with zero attached hydrogens (tertiary/aromatic N) is 1. The molecule has 1 rings (SSSR count). The van der Waals surface area contributed by atoms with Crippen molar-refractivity contribution in [2.24, 2.45) is 0 Å². The Labute approximate surface area is 90.2 Å². The first-order valence-corrected chi connectivity index (χ1v) is 6.22. The van der Waals surface area contributed by atoms with Crippen LogP contribution in [0.1, 0.15) is 20.8 Å². The number of carbonyl (C=O) groups is 1. The van der Waals surface area contributed by atoms with E-state index in [9.17, 15) is 4.79 Å². The molecule has 14 heavy (non-hydrogen) atoms. The van der Waals surface area contributed by atoms with E-state index in [-0.39, 0.29) is 12.0 Å². The predicted molar refractivity (Wildman–Crippen MR) is 59.6 cm³/mol. The van der Waals surface area contributed by atoms with Gasteiger partial charge in [0.1, 0.15) is 6.04 Å². The van der Waals surface area contributed by atoms with E-state index in [2.05, 4.69) is 11.8 Å². The molecule has 2 unspecified atom stereocenters. The third-order valence-corrected chi connectivity index (χ3v) is 3.58. The highest BCUT2D eigenvalue weighted by atomic mass is 32.2. The standard InChI is InChI=1S/C10H19NO2S/c1-4-13-10(12)9(3)11-5-6-14-8(2)7-11/h8-9H,4-7H2,1-3H3. The molecule has 82 valence electrons. The second-order valence-corrected chi connectivity index (χ2v) is 5.15. The van der Waals surface area contributed by atoms with Gasteiger partial charge in [0, 0.05) is 24.1 Å². The van der Waals surface area contributed by atoms with Gasteiger partial charge in [0.25, 0.3) is 0 Å². The van der Waals surface area contributed by atoms with Gasteiger partial charge < -0.3 is 4.74 Å². The van der Waals surface area contributed by atoms with E-state index < -0.39 is 0 Å². The topological polar surface area (TPSA) is 29.5 Å². The lowest BCUT2D eigenvalue weighted by Gasteiger charge is -2.33. The minimum absolute atomic E-state index is 0.0849. The molecule has 3 nitrogen and oxygen atoms in total. The fourth-order valence-corrected chi connectivity index (χ4v) is 2.65. The fourth-order valence-electron chi connectivity index (χ4n) is 1.61. The maximum atomic E-state index is 11.5. The van der Waals surface area contributed by atoms with Gasteiger partial charge in [-0.25, -0.2) is 0 Å². The Morgan fingerprint density at radius 3 is 3.00 bits per heavy atom. The van der Waals surface area contributed by atoms with Crippen LogP contribution in [-0.2, 0) is 9.53 Å². The van der Waals surface area contributed by atoms with Crippen LogP contribution in [0.4, 0.5) is 0 Å². The number of carbonyl (C=O) groups excluding carboxylic acids is 1. The Balaban J connectivity index is 2.42. The molecule has 0 aromatic heterocycles. The maximum absolute atomic E-state index is 11.5. The Bertz CT molecular complexity index is 199. The van der Waals surface area contributed by atoms with E-state index >= 15 is 0 Å². The van der Waals surface area contributed by atoms with Crippen molar-refractivity contribution >= 4 is 17.7 Å². The Morgan fingerprint density at radius 2 is 2.43 bits per heavy atom. The van der Waals surface area contributed by atoms with Crippen molar-refractivity contribution in [1.29, 1.82) is 0 Å². The molecule has 1 saturated heterocycles. The first kappa shape index (κ1) is 11.9. The molecule has 0 saturated carbocycles. The highest BCUT2D eigenvalue weighted by molar-refractivity contribution is 7.99. The maximum Gasteiger partial charge on any atom is 0.323 e. The summed E-state index contributed by atoms with van der Waals surface area (Å²) in [6, 6.07) is -0.0849. The zero-order valence-corrected chi connectivity index (χ0v) is 9.97. The summed E-state index contributed by atoms with van der Waals surface area (Å²) < 4.78 is 5.00. The van der Waals surface area contributed by atoms with Crippen LogP contribution < -0.4 is 0 Å². The second-order valence-electron chi connectivity index (χ2n) is 3.60. The number of ether oxygens (including phenoxy) is 1. The normalized spacial score (nSPS) is 25.8. The van der Waals surface area contributed by atoms with Crippen LogP contribution in [0.2, 0.25) is 0 Å². The van der Waals surface area contributed by atoms with Gasteiger partial charge in [0.2, 0.25) is 0 Å². The van der Waals surface area contributed by atoms with Crippen molar-refractivity contribution in [1.82, 2.24) is 4.90 Å². The molecule has 1 fully saturated rings. The molecular weight excluding hydrogens is 198 g/mol. The van der Waals surface area contributed by atoms with Crippen molar-refractivity contribution in [2.75, 3.05) is 25.4 Å². The van der Waals surface area contributed by atoms with Gasteiger partial charge in [-0.1, -0.05) is 6.92 Å². The Kier molecular flexibility index (Phi) is 4.75. The molecule has 0 amide bonds. The second kappa shape index (κ2) is 5.61. The summed E-state index contributed by atoms with van der Waals surface area (Å²) in [7, 11) is 0. The molecule has 1 aliphatic rings.